The van der Waals surface area contributed by atoms with E-state index in [2.05, 4.69) is 12.2 Å². The van der Waals surface area contributed by atoms with Gasteiger partial charge in [-0.3, -0.25) is 0 Å². The number of nitrogens with zero attached hydrogens (tertiary/aromatic N) is 2. The van der Waals surface area contributed by atoms with Crippen LogP contribution >= 0.6 is 0 Å². The molecule has 0 amide bonds. The minimum atomic E-state index is -0.251. The Morgan fingerprint density at radius 2 is 1.90 bits per heavy atom. The van der Waals surface area contributed by atoms with Crippen LogP contribution in [0.1, 0.15) is 69.0 Å². The van der Waals surface area contributed by atoms with Gasteiger partial charge in [0.05, 0.1) is 0 Å². The third-order valence-electron chi connectivity index (χ3n) is 4.94. The lowest BCUT2D eigenvalue weighted by Crippen LogP contribution is -2.34. The number of aryl methyl sites for hydroxylation is 1. The number of rotatable bonds is 5. The number of hydrogen-bond acceptors (Lipinski definition) is 4. The minimum Gasteiger partial charge on any atom is -0.370 e. The number of hydrogen-bond donors (Lipinski definition) is 1. The molecule has 1 fully saturated rings. The highest BCUT2D eigenvalue weighted by atomic mass is 16.5. The average molecular weight is 289 g/mol. The summed E-state index contributed by atoms with van der Waals surface area (Å²) < 4.78 is 5.93. The lowest BCUT2D eigenvalue weighted by Gasteiger charge is -2.35. The van der Waals surface area contributed by atoms with Gasteiger partial charge in [-0.25, -0.2) is 9.97 Å². The van der Waals surface area contributed by atoms with Crippen LogP contribution in [0.2, 0.25) is 0 Å². The maximum atomic E-state index is 5.93. The maximum Gasteiger partial charge on any atom is 0.162 e. The molecule has 0 spiro atoms. The van der Waals surface area contributed by atoms with Gasteiger partial charge in [0, 0.05) is 24.9 Å². The van der Waals surface area contributed by atoms with Gasteiger partial charge in [0.15, 0.2) is 5.82 Å². The molecule has 116 valence electrons. The van der Waals surface area contributed by atoms with Gasteiger partial charge in [0.25, 0.3) is 0 Å². The van der Waals surface area contributed by atoms with Gasteiger partial charge < -0.3 is 10.1 Å². The first-order valence-electron chi connectivity index (χ1n) is 8.48. The maximum absolute atomic E-state index is 5.93. The van der Waals surface area contributed by atoms with E-state index in [1.165, 1.54) is 36.9 Å². The molecule has 4 nitrogen and oxygen atoms in total. The molecule has 0 radical (unpaired) electrons. The molecule has 0 bridgehead atoms. The van der Waals surface area contributed by atoms with Crippen LogP contribution < -0.4 is 5.32 Å². The van der Waals surface area contributed by atoms with Gasteiger partial charge in [-0.15, -0.1) is 0 Å². The smallest absolute Gasteiger partial charge is 0.162 e. The molecule has 0 atom stereocenters. The Bertz CT molecular complexity index is 495. The van der Waals surface area contributed by atoms with Crippen LogP contribution in [-0.4, -0.2) is 23.6 Å². The first-order chi connectivity index (χ1) is 10.3. The topological polar surface area (TPSA) is 47.0 Å². The molecule has 0 aliphatic heterocycles. The fourth-order valence-electron chi connectivity index (χ4n) is 3.67. The number of nitrogens with one attached hydrogen (secondary N) is 1. The fraction of sp³-hybridized carbons (Fsp3) is 0.765. The summed E-state index contributed by atoms with van der Waals surface area (Å²) in [4.78, 5) is 9.81. The minimum absolute atomic E-state index is 0.251. The van der Waals surface area contributed by atoms with Crippen molar-refractivity contribution in [1.82, 2.24) is 9.97 Å². The Balaban J connectivity index is 1.98. The molecule has 0 saturated heterocycles. The summed E-state index contributed by atoms with van der Waals surface area (Å²) in [6.07, 6.45) is 10.4. The largest absolute Gasteiger partial charge is 0.370 e. The van der Waals surface area contributed by atoms with Gasteiger partial charge in [-0.1, -0.05) is 26.2 Å². The zero-order valence-corrected chi connectivity index (χ0v) is 13.4. The average Bonchev–Trinajstić information content (AvgIpc) is 3.01. The van der Waals surface area contributed by atoms with Gasteiger partial charge in [-0.05, 0) is 38.5 Å². The van der Waals surface area contributed by atoms with Crippen LogP contribution in [0.3, 0.4) is 0 Å². The lowest BCUT2D eigenvalue weighted by molar-refractivity contribution is -0.0515. The third-order valence-corrected chi connectivity index (χ3v) is 4.94. The predicted molar refractivity (Wildman–Crippen MR) is 84.6 cm³/mol. The van der Waals surface area contributed by atoms with Crippen LogP contribution in [0.5, 0.6) is 0 Å². The quantitative estimate of drug-likeness (QED) is 0.900. The molecule has 2 aliphatic carbocycles. The zero-order chi connectivity index (χ0) is 14.7. The van der Waals surface area contributed by atoms with Gasteiger partial charge >= 0.3 is 0 Å². The first kappa shape index (κ1) is 14.8. The zero-order valence-electron chi connectivity index (χ0n) is 13.4. The Morgan fingerprint density at radius 3 is 2.62 bits per heavy atom. The van der Waals surface area contributed by atoms with Gasteiger partial charge in [-0.2, -0.15) is 0 Å². The van der Waals surface area contributed by atoms with Crippen molar-refractivity contribution in [2.24, 2.45) is 0 Å². The molecule has 3 rings (SSSR count). The van der Waals surface area contributed by atoms with E-state index in [0.29, 0.717) is 0 Å². The summed E-state index contributed by atoms with van der Waals surface area (Å²) in [6.45, 7) is 3.16. The second kappa shape index (κ2) is 6.30. The monoisotopic (exact) mass is 289 g/mol. The molecule has 4 heteroatoms. The van der Waals surface area contributed by atoms with Crippen LogP contribution in [-0.2, 0) is 23.2 Å². The van der Waals surface area contributed by atoms with E-state index in [9.17, 15) is 0 Å². The molecule has 1 aromatic rings. The molecule has 1 aromatic heterocycles. The SMILES string of the molecule is CCCNc1nc(C2(OC)CCCCC2)nc2c1CCC2. The summed E-state index contributed by atoms with van der Waals surface area (Å²) in [5.74, 6) is 1.99. The van der Waals surface area contributed by atoms with Crippen molar-refractivity contribution in [2.75, 3.05) is 19.0 Å². The van der Waals surface area contributed by atoms with Gasteiger partial charge in [0.1, 0.15) is 11.4 Å². The van der Waals surface area contributed by atoms with Crippen molar-refractivity contribution in [3.63, 3.8) is 0 Å². The highest BCUT2D eigenvalue weighted by molar-refractivity contribution is 5.49. The number of anilines is 1. The summed E-state index contributed by atoms with van der Waals surface area (Å²) >= 11 is 0. The van der Waals surface area contributed by atoms with Crippen LogP contribution in [0, 0.1) is 0 Å². The molecular formula is C17H27N3O. The predicted octanol–water partition coefficient (Wildman–Crippen LogP) is 3.59. The van der Waals surface area contributed by atoms with Crippen LogP contribution in [0.15, 0.2) is 0 Å². The van der Waals surface area contributed by atoms with E-state index >= 15 is 0 Å². The molecule has 21 heavy (non-hydrogen) atoms. The van der Waals surface area contributed by atoms with Crippen molar-refractivity contribution >= 4 is 5.82 Å². The summed E-state index contributed by atoms with van der Waals surface area (Å²) in [5, 5.41) is 3.51. The van der Waals surface area contributed by atoms with Crippen molar-refractivity contribution in [3.05, 3.63) is 17.1 Å². The highest BCUT2D eigenvalue weighted by Crippen LogP contribution is 2.40. The number of aromatic nitrogens is 2. The van der Waals surface area contributed by atoms with E-state index in [0.717, 1.165) is 50.3 Å². The summed E-state index contributed by atoms with van der Waals surface area (Å²) in [7, 11) is 1.82. The van der Waals surface area contributed by atoms with E-state index in [-0.39, 0.29) is 5.60 Å². The molecular weight excluding hydrogens is 262 g/mol. The highest BCUT2D eigenvalue weighted by Gasteiger charge is 2.38. The molecule has 1 heterocycles. The van der Waals surface area contributed by atoms with E-state index in [1.807, 2.05) is 7.11 Å². The normalized spacial score (nSPS) is 20.3. The molecule has 1 N–H and O–H groups in total. The second-order valence-corrected chi connectivity index (χ2v) is 6.36. The Hall–Kier alpha value is -1.16. The first-order valence-corrected chi connectivity index (χ1v) is 8.48. The Morgan fingerprint density at radius 1 is 1.10 bits per heavy atom. The molecule has 0 aromatic carbocycles. The van der Waals surface area contributed by atoms with Crippen molar-refractivity contribution in [2.45, 2.75) is 70.3 Å². The molecule has 2 aliphatic rings. The van der Waals surface area contributed by atoms with Crippen LogP contribution in [0.25, 0.3) is 0 Å². The van der Waals surface area contributed by atoms with E-state index in [1.54, 1.807) is 0 Å². The second-order valence-electron chi connectivity index (χ2n) is 6.36. The number of fused-ring (bicyclic) bond motifs is 1. The summed E-state index contributed by atoms with van der Waals surface area (Å²) in [5.41, 5.74) is 2.34. The van der Waals surface area contributed by atoms with Gasteiger partial charge in [0.2, 0.25) is 0 Å². The Kier molecular flexibility index (Phi) is 4.43. The summed E-state index contributed by atoms with van der Waals surface area (Å²) in [6, 6.07) is 0. The lowest BCUT2D eigenvalue weighted by atomic mass is 9.83. The van der Waals surface area contributed by atoms with E-state index in [4.69, 9.17) is 14.7 Å². The Labute approximate surface area is 127 Å². The number of methoxy groups -OCH3 is 1. The standard InChI is InChI=1S/C17H27N3O/c1-3-12-18-15-13-8-7-9-14(13)19-16(20-15)17(21-2)10-5-4-6-11-17/h3-12H2,1-2H3,(H,18,19,20). The van der Waals surface area contributed by atoms with Crippen LogP contribution in [0.4, 0.5) is 5.82 Å². The number of ether oxygens (including phenoxy) is 1. The third kappa shape index (κ3) is 2.78. The van der Waals surface area contributed by atoms with Crippen molar-refractivity contribution in [3.8, 4) is 0 Å². The van der Waals surface area contributed by atoms with Crippen molar-refractivity contribution < 1.29 is 4.74 Å². The van der Waals surface area contributed by atoms with Crippen molar-refractivity contribution in [1.29, 1.82) is 0 Å². The van der Waals surface area contributed by atoms with E-state index < -0.39 is 0 Å². The molecule has 0 unspecified atom stereocenters. The molecule has 1 saturated carbocycles. The fourth-order valence-corrected chi connectivity index (χ4v) is 3.67.